The van der Waals surface area contributed by atoms with Crippen LogP contribution in [0, 0.1) is 12.8 Å². The lowest BCUT2D eigenvalue weighted by Crippen LogP contribution is -2.41. The Bertz CT molecular complexity index is 1020. The summed E-state index contributed by atoms with van der Waals surface area (Å²) in [5, 5.41) is 4.64. The molecule has 3 aromatic rings. The van der Waals surface area contributed by atoms with Crippen LogP contribution in [-0.2, 0) is 4.79 Å². The number of piperidine rings is 1. The van der Waals surface area contributed by atoms with E-state index in [4.69, 9.17) is 11.6 Å². The molecule has 144 valence electrons. The molecule has 2 aromatic carbocycles. The second-order valence-corrected chi connectivity index (χ2v) is 8.65. The molecule has 0 aliphatic carbocycles. The molecule has 1 aliphatic heterocycles. The lowest BCUT2D eigenvalue weighted by molar-refractivity contribution is -0.121. The molecular formula is C21H20ClN3O2S. The Morgan fingerprint density at radius 1 is 1.14 bits per heavy atom. The molecule has 0 radical (unpaired) electrons. The quantitative estimate of drug-likeness (QED) is 0.674. The van der Waals surface area contributed by atoms with Gasteiger partial charge in [-0.1, -0.05) is 11.6 Å². The first-order chi connectivity index (χ1) is 13.5. The number of nitrogens with one attached hydrogen (secondary N) is 1. The van der Waals surface area contributed by atoms with Gasteiger partial charge in [-0.2, -0.15) is 0 Å². The van der Waals surface area contributed by atoms with E-state index in [2.05, 4.69) is 10.3 Å². The minimum atomic E-state index is -0.0897. The van der Waals surface area contributed by atoms with E-state index in [1.165, 1.54) is 0 Å². The highest BCUT2D eigenvalue weighted by Crippen LogP contribution is 2.26. The van der Waals surface area contributed by atoms with Crippen LogP contribution in [-0.4, -0.2) is 34.8 Å². The van der Waals surface area contributed by atoms with Gasteiger partial charge in [0.15, 0.2) is 0 Å². The summed E-state index contributed by atoms with van der Waals surface area (Å²) in [7, 11) is 0. The number of anilines is 1. The maximum atomic E-state index is 12.7. The smallest absolute Gasteiger partial charge is 0.253 e. The number of rotatable bonds is 3. The predicted molar refractivity (Wildman–Crippen MR) is 113 cm³/mol. The van der Waals surface area contributed by atoms with Gasteiger partial charge in [-0.3, -0.25) is 9.59 Å². The molecule has 7 heteroatoms. The minimum absolute atomic E-state index is 0.0125. The number of hydrogen-bond donors (Lipinski definition) is 1. The van der Waals surface area contributed by atoms with Crippen molar-refractivity contribution < 1.29 is 9.59 Å². The molecule has 1 saturated heterocycles. The number of carbonyl (C=O) groups is 2. The fourth-order valence-corrected chi connectivity index (χ4v) is 4.47. The molecule has 0 saturated carbocycles. The Morgan fingerprint density at radius 2 is 1.86 bits per heavy atom. The van der Waals surface area contributed by atoms with E-state index in [0.29, 0.717) is 36.5 Å². The first-order valence-electron chi connectivity index (χ1n) is 9.22. The highest BCUT2D eigenvalue weighted by Gasteiger charge is 2.28. The summed E-state index contributed by atoms with van der Waals surface area (Å²) in [4.78, 5) is 31.5. The molecule has 2 amide bonds. The second kappa shape index (κ2) is 7.89. The standard InChI is InChI=1S/C21H20ClN3O2S/c1-13-23-18-7-6-17(12-19(18)28-13)24-20(26)14-8-10-25(11-9-14)21(27)15-2-4-16(22)5-3-15/h2-7,12,14H,8-11H2,1H3,(H,24,26). The third kappa shape index (κ3) is 4.03. The zero-order valence-electron chi connectivity index (χ0n) is 15.4. The number of aromatic nitrogens is 1. The first kappa shape index (κ1) is 18.9. The third-order valence-corrected chi connectivity index (χ3v) is 6.19. The van der Waals surface area contributed by atoms with Crippen LogP contribution in [0.4, 0.5) is 5.69 Å². The topological polar surface area (TPSA) is 62.3 Å². The van der Waals surface area contributed by atoms with Gasteiger partial charge in [0.05, 0.1) is 15.2 Å². The molecule has 1 fully saturated rings. The van der Waals surface area contributed by atoms with Crippen LogP contribution in [0.15, 0.2) is 42.5 Å². The summed E-state index contributed by atoms with van der Waals surface area (Å²) in [5.41, 5.74) is 2.37. The minimum Gasteiger partial charge on any atom is -0.339 e. The van der Waals surface area contributed by atoms with Crippen molar-refractivity contribution in [1.29, 1.82) is 0 Å². The summed E-state index contributed by atoms with van der Waals surface area (Å²) in [6.07, 6.45) is 1.32. The zero-order valence-corrected chi connectivity index (χ0v) is 17.0. The molecule has 2 heterocycles. The predicted octanol–water partition coefficient (Wildman–Crippen LogP) is 4.75. The van der Waals surface area contributed by atoms with Crippen molar-refractivity contribution >= 4 is 50.7 Å². The number of thiazole rings is 1. The van der Waals surface area contributed by atoms with Crippen molar-refractivity contribution in [3.05, 3.63) is 58.1 Å². The van der Waals surface area contributed by atoms with Crippen molar-refractivity contribution in [3.8, 4) is 0 Å². The second-order valence-electron chi connectivity index (χ2n) is 6.98. The fraction of sp³-hybridized carbons (Fsp3) is 0.286. The zero-order chi connectivity index (χ0) is 19.7. The SMILES string of the molecule is Cc1nc2ccc(NC(=O)C3CCN(C(=O)c4ccc(Cl)cc4)CC3)cc2s1. The number of likely N-dealkylation sites (tertiary alicyclic amines) is 1. The van der Waals surface area contributed by atoms with Crippen LogP contribution in [0.2, 0.25) is 5.02 Å². The van der Waals surface area contributed by atoms with Gasteiger partial charge in [0, 0.05) is 35.3 Å². The van der Waals surface area contributed by atoms with Gasteiger partial charge in [0.25, 0.3) is 5.91 Å². The number of nitrogens with zero attached hydrogens (tertiary/aromatic N) is 2. The van der Waals surface area contributed by atoms with Crippen molar-refractivity contribution in [2.75, 3.05) is 18.4 Å². The fourth-order valence-electron chi connectivity index (χ4n) is 3.48. The normalized spacial score (nSPS) is 15.0. The Balaban J connectivity index is 1.35. The highest BCUT2D eigenvalue weighted by molar-refractivity contribution is 7.18. The largest absolute Gasteiger partial charge is 0.339 e. The lowest BCUT2D eigenvalue weighted by Gasteiger charge is -2.31. The summed E-state index contributed by atoms with van der Waals surface area (Å²) >= 11 is 7.50. The van der Waals surface area contributed by atoms with Crippen LogP contribution >= 0.6 is 22.9 Å². The van der Waals surface area contributed by atoms with E-state index in [1.54, 1.807) is 40.5 Å². The molecule has 0 unspecified atom stereocenters. The molecule has 5 nitrogen and oxygen atoms in total. The molecule has 1 aliphatic rings. The molecular weight excluding hydrogens is 394 g/mol. The monoisotopic (exact) mass is 413 g/mol. The maximum absolute atomic E-state index is 12.7. The summed E-state index contributed by atoms with van der Waals surface area (Å²) in [6, 6.07) is 12.7. The highest BCUT2D eigenvalue weighted by atomic mass is 35.5. The molecule has 1 N–H and O–H groups in total. The molecule has 0 atom stereocenters. The molecule has 0 spiro atoms. The number of amides is 2. The van der Waals surface area contributed by atoms with Gasteiger partial charge < -0.3 is 10.2 Å². The molecule has 1 aromatic heterocycles. The van der Waals surface area contributed by atoms with Gasteiger partial charge >= 0.3 is 0 Å². The Kier molecular flexibility index (Phi) is 5.33. The van der Waals surface area contributed by atoms with Crippen LogP contribution in [0.25, 0.3) is 10.2 Å². The maximum Gasteiger partial charge on any atom is 0.253 e. The number of halogens is 1. The average Bonchev–Trinajstić information content (AvgIpc) is 3.07. The van der Waals surface area contributed by atoms with E-state index in [9.17, 15) is 9.59 Å². The van der Waals surface area contributed by atoms with Crippen LogP contribution in [0.5, 0.6) is 0 Å². The van der Waals surface area contributed by atoms with Gasteiger partial charge in [-0.25, -0.2) is 4.98 Å². The lowest BCUT2D eigenvalue weighted by atomic mass is 9.95. The molecule has 0 bridgehead atoms. The number of carbonyl (C=O) groups excluding carboxylic acids is 2. The Morgan fingerprint density at radius 3 is 2.57 bits per heavy atom. The van der Waals surface area contributed by atoms with Crippen molar-refractivity contribution in [1.82, 2.24) is 9.88 Å². The third-order valence-electron chi connectivity index (χ3n) is 5.01. The average molecular weight is 414 g/mol. The number of benzene rings is 2. The summed E-state index contributed by atoms with van der Waals surface area (Å²) in [6.45, 7) is 3.13. The van der Waals surface area contributed by atoms with E-state index in [1.807, 2.05) is 25.1 Å². The van der Waals surface area contributed by atoms with Gasteiger partial charge in [0.1, 0.15) is 0 Å². The van der Waals surface area contributed by atoms with Crippen LogP contribution in [0.1, 0.15) is 28.2 Å². The van der Waals surface area contributed by atoms with Gasteiger partial charge in [0.2, 0.25) is 5.91 Å². The Hall–Kier alpha value is -2.44. The van der Waals surface area contributed by atoms with Crippen LogP contribution in [0.3, 0.4) is 0 Å². The van der Waals surface area contributed by atoms with E-state index in [0.717, 1.165) is 20.9 Å². The van der Waals surface area contributed by atoms with Gasteiger partial charge in [-0.05, 0) is 62.2 Å². The molecule has 4 rings (SSSR count). The van der Waals surface area contributed by atoms with E-state index in [-0.39, 0.29) is 17.7 Å². The van der Waals surface area contributed by atoms with Gasteiger partial charge in [-0.15, -0.1) is 11.3 Å². The van der Waals surface area contributed by atoms with Crippen molar-refractivity contribution in [2.45, 2.75) is 19.8 Å². The first-order valence-corrected chi connectivity index (χ1v) is 10.4. The van der Waals surface area contributed by atoms with Crippen molar-refractivity contribution in [2.24, 2.45) is 5.92 Å². The Labute approximate surface area is 172 Å². The number of fused-ring (bicyclic) bond motifs is 1. The number of hydrogen-bond acceptors (Lipinski definition) is 4. The number of aryl methyl sites for hydroxylation is 1. The summed E-state index contributed by atoms with van der Waals surface area (Å²) < 4.78 is 1.07. The van der Waals surface area contributed by atoms with E-state index >= 15 is 0 Å². The van der Waals surface area contributed by atoms with E-state index < -0.39 is 0 Å². The molecule has 28 heavy (non-hydrogen) atoms. The summed E-state index contributed by atoms with van der Waals surface area (Å²) in [5.74, 6) is -0.0890. The van der Waals surface area contributed by atoms with Crippen molar-refractivity contribution in [3.63, 3.8) is 0 Å². The van der Waals surface area contributed by atoms with Crippen LogP contribution < -0.4 is 5.32 Å².